The highest BCUT2D eigenvalue weighted by Gasteiger charge is 2.23. The lowest BCUT2D eigenvalue weighted by atomic mass is 10.0. The molecule has 2 rings (SSSR count). The van der Waals surface area contributed by atoms with Crippen LogP contribution in [0.25, 0.3) is 0 Å². The van der Waals surface area contributed by atoms with Crippen molar-refractivity contribution in [3.8, 4) is 6.07 Å². The SMILES string of the molecule is C[Si](C)(C)OC(C#N)c1ccc2c(c1)CCC2. The van der Waals surface area contributed by atoms with E-state index in [1.165, 1.54) is 24.0 Å². The summed E-state index contributed by atoms with van der Waals surface area (Å²) in [4.78, 5) is 0. The molecule has 0 saturated carbocycles. The highest BCUT2D eigenvalue weighted by molar-refractivity contribution is 6.69. The second-order valence-electron chi connectivity index (χ2n) is 5.62. The fourth-order valence-electron chi connectivity index (χ4n) is 2.28. The minimum Gasteiger partial charge on any atom is -0.399 e. The summed E-state index contributed by atoms with van der Waals surface area (Å²) in [6, 6.07) is 8.66. The van der Waals surface area contributed by atoms with E-state index in [-0.39, 0.29) is 0 Å². The summed E-state index contributed by atoms with van der Waals surface area (Å²) in [5, 5.41) is 9.24. The van der Waals surface area contributed by atoms with E-state index in [9.17, 15) is 5.26 Å². The first-order valence-electron chi connectivity index (χ1n) is 6.19. The van der Waals surface area contributed by atoms with Crippen LogP contribution in [0.15, 0.2) is 18.2 Å². The van der Waals surface area contributed by atoms with Crippen LogP contribution in [0, 0.1) is 11.3 Å². The van der Waals surface area contributed by atoms with Gasteiger partial charge in [-0.2, -0.15) is 5.26 Å². The molecule has 1 aliphatic rings. The first-order valence-corrected chi connectivity index (χ1v) is 9.59. The summed E-state index contributed by atoms with van der Waals surface area (Å²) < 4.78 is 5.91. The van der Waals surface area contributed by atoms with Gasteiger partial charge in [0.1, 0.15) is 0 Å². The average molecular weight is 245 g/mol. The number of benzene rings is 1. The van der Waals surface area contributed by atoms with Crippen molar-refractivity contribution in [3.63, 3.8) is 0 Å². The van der Waals surface area contributed by atoms with Gasteiger partial charge in [0.05, 0.1) is 6.07 Å². The second-order valence-corrected chi connectivity index (χ2v) is 10.1. The molecule has 0 N–H and O–H groups in total. The average Bonchev–Trinajstić information content (AvgIpc) is 2.71. The van der Waals surface area contributed by atoms with Crippen LogP contribution in [0.3, 0.4) is 0 Å². The molecule has 0 bridgehead atoms. The lowest BCUT2D eigenvalue weighted by Gasteiger charge is -2.22. The number of fused-ring (bicyclic) bond motifs is 1. The third kappa shape index (κ3) is 2.96. The topological polar surface area (TPSA) is 33.0 Å². The number of rotatable bonds is 3. The molecule has 0 fully saturated rings. The fraction of sp³-hybridized carbons (Fsp3) is 0.500. The maximum absolute atomic E-state index is 9.24. The van der Waals surface area contributed by atoms with Crippen molar-refractivity contribution in [2.45, 2.75) is 45.0 Å². The van der Waals surface area contributed by atoms with E-state index in [0.29, 0.717) is 0 Å². The van der Waals surface area contributed by atoms with Crippen molar-refractivity contribution < 1.29 is 4.43 Å². The molecule has 0 spiro atoms. The van der Waals surface area contributed by atoms with Crippen molar-refractivity contribution in [1.82, 2.24) is 0 Å². The Bertz CT molecular complexity index is 456. The normalized spacial score (nSPS) is 16.4. The third-order valence-corrected chi connectivity index (χ3v) is 3.96. The Labute approximate surface area is 104 Å². The predicted octanol–water partition coefficient (Wildman–Crippen LogP) is 3.59. The maximum atomic E-state index is 9.24. The Morgan fingerprint density at radius 1 is 1.24 bits per heavy atom. The molecule has 0 amide bonds. The largest absolute Gasteiger partial charge is 0.399 e. The van der Waals surface area contributed by atoms with Crippen LogP contribution < -0.4 is 0 Å². The second kappa shape index (κ2) is 4.64. The minimum absolute atomic E-state index is 0.396. The van der Waals surface area contributed by atoms with Crippen LogP contribution in [0.4, 0.5) is 0 Å². The Kier molecular flexibility index (Phi) is 3.37. The van der Waals surface area contributed by atoms with Crippen LogP contribution in [0.5, 0.6) is 0 Å². The zero-order chi connectivity index (χ0) is 12.5. The van der Waals surface area contributed by atoms with Gasteiger partial charge in [0.15, 0.2) is 14.4 Å². The molecule has 1 aromatic rings. The molecule has 1 aromatic carbocycles. The molecule has 0 saturated heterocycles. The van der Waals surface area contributed by atoms with E-state index < -0.39 is 14.4 Å². The van der Waals surface area contributed by atoms with Gasteiger partial charge < -0.3 is 4.43 Å². The van der Waals surface area contributed by atoms with E-state index in [1.54, 1.807) is 0 Å². The standard InChI is InChI=1S/C14H19NOSi/c1-17(2,3)16-14(10-15)13-8-7-11-5-4-6-12(11)9-13/h7-9,14H,4-6H2,1-3H3. The van der Waals surface area contributed by atoms with Crippen LogP contribution >= 0.6 is 0 Å². The highest BCUT2D eigenvalue weighted by atomic mass is 28.4. The van der Waals surface area contributed by atoms with Crippen LogP contribution in [0.1, 0.15) is 29.2 Å². The van der Waals surface area contributed by atoms with Crippen LogP contribution in [-0.2, 0) is 17.3 Å². The Morgan fingerprint density at radius 3 is 2.59 bits per heavy atom. The van der Waals surface area contributed by atoms with Gasteiger partial charge in [-0.15, -0.1) is 0 Å². The lowest BCUT2D eigenvalue weighted by Crippen LogP contribution is -2.27. The summed E-state index contributed by atoms with van der Waals surface area (Å²) in [5.41, 5.74) is 3.87. The molecule has 0 aromatic heterocycles. The molecule has 17 heavy (non-hydrogen) atoms. The quantitative estimate of drug-likeness (QED) is 0.762. The number of nitriles is 1. The van der Waals surface area contributed by atoms with Crippen LogP contribution in [0.2, 0.25) is 19.6 Å². The van der Waals surface area contributed by atoms with Gasteiger partial charge in [-0.1, -0.05) is 18.2 Å². The minimum atomic E-state index is -1.67. The zero-order valence-corrected chi connectivity index (χ0v) is 11.8. The van der Waals surface area contributed by atoms with Gasteiger partial charge in [0.2, 0.25) is 0 Å². The summed E-state index contributed by atoms with van der Waals surface area (Å²) >= 11 is 0. The first kappa shape index (κ1) is 12.3. The smallest absolute Gasteiger partial charge is 0.186 e. The molecule has 1 atom stereocenters. The molecule has 2 nitrogen and oxygen atoms in total. The lowest BCUT2D eigenvalue weighted by molar-refractivity contribution is 0.255. The highest BCUT2D eigenvalue weighted by Crippen LogP contribution is 2.28. The zero-order valence-electron chi connectivity index (χ0n) is 10.8. The number of nitrogens with zero attached hydrogens (tertiary/aromatic N) is 1. The van der Waals surface area contributed by atoms with Gasteiger partial charge in [0, 0.05) is 0 Å². The molecule has 3 heteroatoms. The molecule has 0 aliphatic heterocycles. The molecular formula is C14H19NOSi. The third-order valence-electron chi connectivity index (χ3n) is 3.01. The number of aryl methyl sites for hydroxylation is 2. The summed E-state index contributed by atoms with van der Waals surface area (Å²) in [6.45, 7) is 6.35. The van der Waals surface area contributed by atoms with E-state index >= 15 is 0 Å². The predicted molar refractivity (Wildman–Crippen MR) is 71.3 cm³/mol. The molecule has 0 heterocycles. The monoisotopic (exact) mass is 245 g/mol. The number of hydrogen-bond donors (Lipinski definition) is 0. The van der Waals surface area contributed by atoms with Gasteiger partial charge in [0.25, 0.3) is 0 Å². The van der Waals surface area contributed by atoms with E-state index in [2.05, 4.69) is 43.9 Å². The van der Waals surface area contributed by atoms with Gasteiger partial charge in [-0.05, 0) is 55.6 Å². The Morgan fingerprint density at radius 2 is 1.94 bits per heavy atom. The molecule has 90 valence electrons. The summed E-state index contributed by atoms with van der Waals surface area (Å²) in [5.74, 6) is 0. The number of hydrogen-bond acceptors (Lipinski definition) is 2. The van der Waals surface area contributed by atoms with Crippen molar-refractivity contribution in [1.29, 1.82) is 5.26 Å². The van der Waals surface area contributed by atoms with E-state index in [0.717, 1.165) is 12.0 Å². The van der Waals surface area contributed by atoms with Crippen LogP contribution in [-0.4, -0.2) is 8.32 Å². The Balaban J connectivity index is 2.24. The van der Waals surface area contributed by atoms with Gasteiger partial charge >= 0.3 is 0 Å². The molecular weight excluding hydrogens is 226 g/mol. The van der Waals surface area contributed by atoms with Crippen molar-refractivity contribution in [2.24, 2.45) is 0 Å². The van der Waals surface area contributed by atoms with Crippen molar-refractivity contribution in [3.05, 3.63) is 34.9 Å². The van der Waals surface area contributed by atoms with Gasteiger partial charge in [-0.25, -0.2) is 0 Å². The van der Waals surface area contributed by atoms with Gasteiger partial charge in [-0.3, -0.25) is 0 Å². The fourth-order valence-corrected chi connectivity index (χ4v) is 3.17. The summed E-state index contributed by atoms with van der Waals surface area (Å²) in [6.07, 6.45) is 3.17. The molecule has 0 radical (unpaired) electrons. The van der Waals surface area contributed by atoms with Crippen molar-refractivity contribution in [2.75, 3.05) is 0 Å². The summed E-state index contributed by atoms with van der Waals surface area (Å²) in [7, 11) is -1.67. The molecule has 1 unspecified atom stereocenters. The first-order chi connectivity index (χ1) is 7.99. The van der Waals surface area contributed by atoms with E-state index in [4.69, 9.17) is 4.43 Å². The Hall–Kier alpha value is -1.11. The molecule has 1 aliphatic carbocycles. The van der Waals surface area contributed by atoms with Crippen molar-refractivity contribution >= 4 is 8.32 Å². The maximum Gasteiger partial charge on any atom is 0.186 e. The van der Waals surface area contributed by atoms with E-state index in [1.807, 2.05) is 0 Å².